The van der Waals surface area contributed by atoms with Crippen LogP contribution < -0.4 is 35.4 Å². The van der Waals surface area contributed by atoms with E-state index in [1.54, 1.807) is 17.0 Å². The van der Waals surface area contributed by atoms with Gasteiger partial charge in [0.15, 0.2) is 0 Å². The number of hydrogen-bond donors (Lipinski definition) is 3. The monoisotopic (exact) mass is 775 g/mol. The van der Waals surface area contributed by atoms with E-state index in [0.717, 1.165) is 78.7 Å². The first-order valence-electron chi connectivity index (χ1n) is 19.7. The zero-order valence-corrected chi connectivity index (χ0v) is 32.1. The number of halogens is 1. The molecule has 4 amide bonds. The van der Waals surface area contributed by atoms with Crippen LogP contribution in [0.5, 0.6) is 5.88 Å². The maximum absolute atomic E-state index is 15.4. The SMILES string of the molecule is Cc1c(N2CCc3cnc(Nc4ccc(CC(=O)N5CCN(C6CN(c7ccc(N8CCC(=O)NC8=O)cc7)C6)[C@H](C)C5)c(F)c4)nc3C2)cnc2c1NCCO2. The number of carbonyl (C=O) groups is 3. The molecule has 1 atom stereocenters. The van der Waals surface area contributed by atoms with Crippen molar-refractivity contribution in [3.63, 3.8) is 0 Å². The molecule has 7 heterocycles. The normalized spacial score (nSPS) is 19.9. The fraction of sp³-hybridized carbons (Fsp3) is 0.415. The van der Waals surface area contributed by atoms with Crippen molar-refractivity contribution in [2.24, 2.45) is 0 Å². The highest BCUT2D eigenvalue weighted by Gasteiger charge is 2.38. The van der Waals surface area contributed by atoms with E-state index in [4.69, 9.17) is 9.72 Å². The minimum atomic E-state index is -0.450. The third kappa shape index (κ3) is 7.36. The number of carbonyl (C=O) groups excluding carboxylic acids is 3. The lowest BCUT2D eigenvalue weighted by atomic mass is 10.0. The lowest BCUT2D eigenvalue weighted by Crippen LogP contribution is -2.66. The third-order valence-electron chi connectivity index (χ3n) is 11.8. The zero-order chi connectivity index (χ0) is 39.2. The Morgan fingerprint density at radius 2 is 1.79 bits per heavy atom. The van der Waals surface area contributed by atoms with Gasteiger partial charge in [0.25, 0.3) is 0 Å². The molecule has 15 nitrogen and oxygen atoms in total. The highest BCUT2D eigenvalue weighted by Crippen LogP contribution is 2.36. The molecule has 0 spiro atoms. The van der Waals surface area contributed by atoms with Crippen molar-refractivity contribution in [1.29, 1.82) is 0 Å². The van der Waals surface area contributed by atoms with Crippen LogP contribution in [-0.4, -0.2) is 114 Å². The number of ether oxygens (including phenoxy) is 1. The maximum Gasteiger partial charge on any atom is 0.328 e. The summed E-state index contributed by atoms with van der Waals surface area (Å²) in [6.07, 6.45) is 4.78. The largest absolute Gasteiger partial charge is 0.474 e. The quantitative estimate of drug-likeness (QED) is 0.239. The van der Waals surface area contributed by atoms with Gasteiger partial charge in [-0.1, -0.05) is 6.07 Å². The number of nitrogens with zero attached hydrogens (tertiary/aromatic N) is 8. The summed E-state index contributed by atoms with van der Waals surface area (Å²) in [4.78, 5) is 61.4. The van der Waals surface area contributed by atoms with Gasteiger partial charge in [-0.05, 0) is 67.8 Å². The first-order chi connectivity index (χ1) is 27.7. The highest BCUT2D eigenvalue weighted by molar-refractivity contribution is 6.05. The van der Waals surface area contributed by atoms with E-state index in [9.17, 15) is 14.4 Å². The van der Waals surface area contributed by atoms with E-state index in [2.05, 4.69) is 54.5 Å². The van der Waals surface area contributed by atoms with E-state index >= 15 is 4.39 Å². The Morgan fingerprint density at radius 3 is 2.58 bits per heavy atom. The highest BCUT2D eigenvalue weighted by atomic mass is 19.1. The van der Waals surface area contributed by atoms with Gasteiger partial charge in [0, 0.05) is 99.7 Å². The molecule has 2 aromatic heterocycles. The molecule has 0 unspecified atom stereocenters. The molecule has 3 N–H and O–H groups in total. The molecule has 3 saturated heterocycles. The van der Waals surface area contributed by atoms with E-state index in [-0.39, 0.29) is 30.3 Å². The number of benzene rings is 2. The van der Waals surface area contributed by atoms with Crippen LogP contribution in [0.4, 0.5) is 43.6 Å². The van der Waals surface area contributed by atoms with Gasteiger partial charge in [-0.25, -0.2) is 24.1 Å². The van der Waals surface area contributed by atoms with Crippen molar-refractivity contribution < 1.29 is 23.5 Å². The molecule has 5 aliphatic heterocycles. The topological polar surface area (TPSA) is 151 Å². The molecule has 0 radical (unpaired) electrons. The van der Waals surface area contributed by atoms with Gasteiger partial charge in [-0.15, -0.1) is 0 Å². The van der Waals surface area contributed by atoms with Gasteiger partial charge < -0.3 is 30.1 Å². The molecule has 2 aromatic carbocycles. The van der Waals surface area contributed by atoms with Crippen LogP contribution in [0.1, 0.15) is 35.7 Å². The molecule has 3 fully saturated rings. The lowest BCUT2D eigenvalue weighted by Gasteiger charge is -2.51. The molecular weight excluding hydrogens is 730 g/mol. The summed E-state index contributed by atoms with van der Waals surface area (Å²) in [5.41, 5.74) is 7.76. The number of pyridine rings is 1. The number of hydrogen-bond acceptors (Lipinski definition) is 12. The Balaban J connectivity index is 0.760. The minimum Gasteiger partial charge on any atom is -0.474 e. The number of amides is 4. The number of imide groups is 1. The number of aromatic nitrogens is 3. The van der Waals surface area contributed by atoms with Crippen molar-refractivity contribution in [2.75, 3.05) is 84.3 Å². The van der Waals surface area contributed by atoms with E-state index in [1.165, 1.54) is 6.07 Å². The van der Waals surface area contributed by atoms with Gasteiger partial charge in [-0.3, -0.25) is 24.7 Å². The average Bonchev–Trinajstić information content (AvgIpc) is 3.19. The molecule has 57 heavy (non-hydrogen) atoms. The minimum absolute atomic E-state index is 0.00871. The van der Waals surface area contributed by atoms with Gasteiger partial charge in [-0.2, -0.15) is 0 Å². The van der Waals surface area contributed by atoms with Gasteiger partial charge in [0.05, 0.1) is 30.5 Å². The second-order valence-electron chi connectivity index (χ2n) is 15.4. The van der Waals surface area contributed by atoms with Crippen LogP contribution in [-0.2, 0) is 29.0 Å². The van der Waals surface area contributed by atoms with Crippen molar-refractivity contribution in [3.05, 3.63) is 83.1 Å². The molecule has 0 aliphatic carbocycles. The fourth-order valence-electron chi connectivity index (χ4n) is 8.54. The number of anilines is 6. The number of urea groups is 1. The van der Waals surface area contributed by atoms with Gasteiger partial charge >= 0.3 is 6.03 Å². The summed E-state index contributed by atoms with van der Waals surface area (Å²) < 4.78 is 21.2. The van der Waals surface area contributed by atoms with Crippen molar-refractivity contribution >= 4 is 52.2 Å². The van der Waals surface area contributed by atoms with Gasteiger partial charge in [0.1, 0.15) is 18.1 Å². The standard InChI is InChI=1S/C41H46FN11O4/c1-25-21-50(14-15-52(25)32-22-51(23-32)30-5-7-31(8-6-30)53-13-10-36(54)48-41(53)56)37(55)17-27-3-4-29(18-33(27)42)46-40-45-19-28-9-12-49(24-34(28)47-40)35-20-44-39-38(26(35)2)43-11-16-57-39/h3-8,18-20,25,32,43H,9-17,21-24H2,1-2H3,(H,45,46,47)(H,48,54,56)/t25-/m1/s1. The van der Waals surface area contributed by atoms with E-state index in [1.807, 2.05) is 41.6 Å². The van der Waals surface area contributed by atoms with Crippen LogP contribution in [0.25, 0.3) is 0 Å². The Labute approximate surface area is 330 Å². The summed E-state index contributed by atoms with van der Waals surface area (Å²) in [6, 6.07) is 12.8. The molecule has 16 heteroatoms. The van der Waals surface area contributed by atoms with Crippen molar-refractivity contribution in [2.45, 2.75) is 51.7 Å². The predicted molar refractivity (Wildman–Crippen MR) is 214 cm³/mol. The number of nitrogens with one attached hydrogen (secondary N) is 3. The van der Waals surface area contributed by atoms with Gasteiger partial charge in [0.2, 0.25) is 23.6 Å². The first kappa shape index (κ1) is 36.6. The summed E-state index contributed by atoms with van der Waals surface area (Å²) in [7, 11) is 0. The van der Waals surface area contributed by atoms with Crippen molar-refractivity contribution in [3.8, 4) is 5.88 Å². The Hall–Kier alpha value is -6.03. The summed E-state index contributed by atoms with van der Waals surface area (Å²) in [5, 5.41) is 8.93. The molecule has 5 aliphatic rings. The van der Waals surface area contributed by atoms with Crippen LogP contribution in [0.2, 0.25) is 0 Å². The summed E-state index contributed by atoms with van der Waals surface area (Å²) >= 11 is 0. The Morgan fingerprint density at radius 1 is 0.965 bits per heavy atom. The number of piperazine rings is 1. The first-order valence-corrected chi connectivity index (χ1v) is 19.7. The average molecular weight is 776 g/mol. The van der Waals surface area contributed by atoms with E-state index in [0.29, 0.717) is 68.3 Å². The number of fused-ring (bicyclic) bond motifs is 2. The Kier molecular flexibility index (Phi) is 9.72. The second kappa shape index (κ2) is 15.1. The summed E-state index contributed by atoms with van der Waals surface area (Å²) in [6.45, 7) is 11.0. The van der Waals surface area contributed by atoms with Crippen LogP contribution in [0, 0.1) is 12.7 Å². The Bertz CT molecular complexity index is 2220. The molecule has 0 bridgehead atoms. The second-order valence-corrected chi connectivity index (χ2v) is 15.4. The molecule has 9 rings (SSSR count). The fourth-order valence-corrected chi connectivity index (χ4v) is 8.54. The molecule has 4 aromatic rings. The third-order valence-corrected chi connectivity index (χ3v) is 11.8. The molecule has 0 saturated carbocycles. The predicted octanol–water partition coefficient (Wildman–Crippen LogP) is 3.84. The van der Waals surface area contributed by atoms with Crippen LogP contribution in [0.15, 0.2) is 54.9 Å². The summed E-state index contributed by atoms with van der Waals surface area (Å²) in [5.74, 6) is 0.239. The maximum atomic E-state index is 15.4. The molecular formula is C41H46FN11O4. The lowest BCUT2D eigenvalue weighted by molar-refractivity contribution is -0.134. The zero-order valence-electron chi connectivity index (χ0n) is 32.1. The van der Waals surface area contributed by atoms with Crippen LogP contribution in [0.3, 0.4) is 0 Å². The van der Waals surface area contributed by atoms with Crippen molar-refractivity contribution in [1.82, 2.24) is 30.1 Å². The smallest absolute Gasteiger partial charge is 0.328 e. The molecule has 296 valence electrons. The van der Waals surface area contributed by atoms with Crippen LogP contribution >= 0.6 is 0 Å². The van der Waals surface area contributed by atoms with E-state index < -0.39 is 5.82 Å². The number of rotatable bonds is 8.